The van der Waals surface area contributed by atoms with Gasteiger partial charge in [0.25, 0.3) is 5.91 Å². The first-order valence-electron chi connectivity index (χ1n) is 9.18. The summed E-state index contributed by atoms with van der Waals surface area (Å²) in [5, 5.41) is 1.94. The molecule has 0 bridgehead atoms. The van der Waals surface area contributed by atoms with E-state index >= 15 is 0 Å². The van der Waals surface area contributed by atoms with Crippen LogP contribution in [0.15, 0.2) is 66.3 Å². The summed E-state index contributed by atoms with van der Waals surface area (Å²) in [7, 11) is 0. The van der Waals surface area contributed by atoms with Gasteiger partial charge in [0.1, 0.15) is 12.6 Å². The van der Waals surface area contributed by atoms with E-state index < -0.39 is 6.04 Å². The second kappa shape index (κ2) is 7.94. The quantitative estimate of drug-likeness (QED) is 0.668. The number of piperazine rings is 1. The Balaban J connectivity index is 1.62. The van der Waals surface area contributed by atoms with Gasteiger partial charge in [0, 0.05) is 30.4 Å². The third-order valence-electron chi connectivity index (χ3n) is 4.89. The van der Waals surface area contributed by atoms with Crippen LogP contribution in [0.2, 0.25) is 0 Å². The lowest BCUT2D eigenvalue weighted by atomic mass is 10.1. The summed E-state index contributed by atoms with van der Waals surface area (Å²) in [6.07, 6.45) is 3.44. The average Bonchev–Trinajstić information content (AvgIpc) is 3.23. The van der Waals surface area contributed by atoms with E-state index in [4.69, 9.17) is 0 Å². The number of carbonyl (C=O) groups excluding carboxylic acids is 2. The number of thiophene rings is 1. The topological polar surface area (TPSA) is 53.5 Å². The molecule has 142 valence electrons. The number of hydrogen-bond acceptors (Lipinski definition) is 4. The summed E-state index contributed by atoms with van der Waals surface area (Å²) < 4.78 is 0. The number of aromatic nitrogens is 1. The Morgan fingerprint density at radius 3 is 2.54 bits per heavy atom. The molecule has 5 nitrogen and oxygen atoms in total. The van der Waals surface area contributed by atoms with Crippen LogP contribution < -0.4 is 0 Å². The Labute approximate surface area is 168 Å². The minimum Gasteiger partial charge on any atom is -0.327 e. The third kappa shape index (κ3) is 3.82. The van der Waals surface area contributed by atoms with Crippen molar-refractivity contribution in [3.8, 4) is 0 Å². The molecule has 1 aliphatic heterocycles. The number of nitrogens with zero attached hydrogens (tertiary/aromatic N) is 3. The highest BCUT2D eigenvalue weighted by molar-refractivity contribution is 7.10. The van der Waals surface area contributed by atoms with Crippen molar-refractivity contribution in [2.45, 2.75) is 26.1 Å². The normalized spacial score (nSPS) is 17.2. The van der Waals surface area contributed by atoms with Crippen LogP contribution in [0.5, 0.6) is 0 Å². The number of amides is 2. The molecule has 1 atom stereocenters. The molecule has 1 fully saturated rings. The van der Waals surface area contributed by atoms with Gasteiger partial charge in [0.2, 0.25) is 5.91 Å². The molecule has 0 unspecified atom stereocenters. The van der Waals surface area contributed by atoms with Crippen molar-refractivity contribution in [2.75, 3.05) is 6.54 Å². The Morgan fingerprint density at radius 2 is 1.86 bits per heavy atom. The zero-order chi connectivity index (χ0) is 19.5. The zero-order valence-corrected chi connectivity index (χ0v) is 16.4. The van der Waals surface area contributed by atoms with Crippen molar-refractivity contribution >= 4 is 23.2 Å². The SMILES string of the molecule is Cc1ccc(CN2CC(=O)N(Cc3cccnc3)[C@H](c3cccs3)C2=O)cc1. The summed E-state index contributed by atoms with van der Waals surface area (Å²) in [6.45, 7) is 2.93. The molecule has 1 aliphatic rings. The van der Waals surface area contributed by atoms with Crippen molar-refractivity contribution in [2.24, 2.45) is 0 Å². The van der Waals surface area contributed by atoms with Gasteiger partial charge in [-0.05, 0) is 35.6 Å². The van der Waals surface area contributed by atoms with Crippen molar-refractivity contribution in [1.29, 1.82) is 0 Å². The summed E-state index contributed by atoms with van der Waals surface area (Å²) in [6, 6.07) is 15.1. The average molecular weight is 391 g/mol. The highest BCUT2D eigenvalue weighted by Crippen LogP contribution is 2.32. The van der Waals surface area contributed by atoms with Gasteiger partial charge in [-0.1, -0.05) is 42.0 Å². The molecule has 6 heteroatoms. The van der Waals surface area contributed by atoms with Crippen LogP contribution in [0.4, 0.5) is 0 Å². The van der Waals surface area contributed by atoms with Crippen molar-refractivity contribution in [3.05, 3.63) is 87.9 Å². The van der Waals surface area contributed by atoms with E-state index in [0.717, 1.165) is 16.0 Å². The van der Waals surface area contributed by atoms with Gasteiger partial charge in [-0.2, -0.15) is 0 Å². The fraction of sp³-hybridized carbons (Fsp3) is 0.227. The van der Waals surface area contributed by atoms with E-state index in [1.165, 1.54) is 16.9 Å². The number of hydrogen-bond donors (Lipinski definition) is 0. The van der Waals surface area contributed by atoms with Crippen molar-refractivity contribution in [3.63, 3.8) is 0 Å². The number of benzene rings is 1. The van der Waals surface area contributed by atoms with E-state index in [2.05, 4.69) is 4.98 Å². The van der Waals surface area contributed by atoms with Crippen LogP contribution in [0.3, 0.4) is 0 Å². The molecule has 3 aromatic rings. The molecule has 3 heterocycles. The van der Waals surface area contributed by atoms with E-state index in [1.54, 1.807) is 22.2 Å². The molecule has 0 radical (unpaired) electrons. The van der Waals surface area contributed by atoms with Crippen molar-refractivity contribution in [1.82, 2.24) is 14.8 Å². The fourth-order valence-corrected chi connectivity index (χ4v) is 4.25. The number of rotatable bonds is 5. The van der Waals surface area contributed by atoms with Gasteiger partial charge in [-0.15, -0.1) is 11.3 Å². The molecule has 2 aromatic heterocycles. The van der Waals surface area contributed by atoms with Crippen LogP contribution in [0.1, 0.15) is 27.6 Å². The van der Waals surface area contributed by atoms with Gasteiger partial charge in [-0.3, -0.25) is 14.6 Å². The second-order valence-corrected chi connectivity index (χ2v) is 7.96. The molecule has 0 saturated carbocycles. The van der Waals surface area contributed by atoms with E-state index in [0.29, 0.717) is 13.1 Å². The summed E-state index contributed by atoms with van der Waals surface area (Å²) in [4.78, 5) is 34.7. The molecule has 28 heavy (non-hydrogen) atoms. The van der Waals surface area contributed by atoms with Gasteiger partial charge < -0.3 is 9.80 Å². The fourth-order valence-electron chi connectivity index (χ4n) is 3.42. The van der Waals surface area contributed by atoms with Crippen LogP contribution in [-0.4, -0.2) is 33.1 Å². The minimum atomic E-state index is -0.591. The standard InChI is InChI=1S/C22H21N3O2S/c1-16-6-8-17(9-7-16)13-24-15-20(26)25(14-18-4-2-10-23-12-18)21(22(24)27)19-5-3-11-28-19/h2-12,21H,13-15H2,1H3/t21-/m1/s1. The molecule has 4 rings (SSSR count). The first kappa shape index (κ1) is 18.4. The maximum absolute atomic E-state index is 13.4. The first-order chi connectivity index (χ1) is 13.6. The highest BCUT2D eigenvalue weighted by Gasteiger charge is 2.40. The molecule has 2 amide bonds. The number of pyridine rings is 1. The van der Waals surface area contributed by atoms with Crippen molar-refractivity contribution < 1.29 is 9.59 Å². The lowest BCUT2D eigenvalue weighted by Gasteiger charge is -2.40. The zero-order valence-electron chi connectivity index (χ0n) is 15.6. The lowest BCUT2D eigenvalue weighted by molar-refractivity contribution is -0.157. The predicted molar refractivity (Wildman–Crippen MR) is 108 cm³/mol. The molecule has 0 N–H and O–H groups in total. The van der Waals surface area contributed by atoms with Crippen LogP contribution in [-0.2, 0) is 22.7 Å². The Morgan fingerprint density at radius 1 is 1.04 bits per heavy atom. The Kier molecular flexibility index (Phi) is 5.21. The minimum absolute atomic E-state index is 0.0356. The Bertz CT molecular complexity index is 955. The summed E-state index contributed by atoms with van der Waals surface area (Å²) >= 11 is 1.50. The van der Waals surface area contributed by atoms with E-state index in [9.17, 15) is 9.59 Å². The highest BCUT2D eigenvalue weighted by atomic mass is 32.1. The molecular formula is C22H21N3O2S. The summed E-state index contributed by atoms with van der Waals surface area (Å²) in [5.41, 5.74) is 3.11. The van der Waals surface area contributed by atoms with Gasteiger partial charge in [0.15, 0.2) is 0 Å². The molecular weight excluding hydrogens is 370 g/mol. The lowest BCUT2D eigenvalue weighted by Crippen LogP contribution is -2.54. The Hall–Kier alpha value is -2.99. The molecule has 1 saturated heterocycles. The van der Waals surface area contributed by atoms with Gasteiger partial charge >= 0.3 is 0 Å². The monoisotopic (exact) mass is 391 g/mol. The van der Waals surface area contributed by atoms with Crippen LogP contribution in [0.25, 0.3) is 0 Å². The van der Waals surface area contributed by atoms with E-state index in [-0.39, 0.29) is 18.4 Å². The second-order valence-electron chi connectivity index (χ2n) is 6.98. The largest absolute Gasteiger partial charge is 0.327 e. The molecule has 0 aliphatic carbocycles. The van der Waals surface area contributed by atoms with Gasteiger partial charge in [0.05, 0.1) is 0 Å². The maximum Gasteiger partial charge on any atom is 0.251 e. The number of aryl methyl sites for hydroxylation is 1. The molecule has 0 spiro atoms. The smallest absolute Gasteiger partial charge is 0.251 e. The number of carbonyl (C=O) groups is 2. The predicted octanol–water partition coefficient (Wildman–Crippen LogP) is 3.56. The first-order valence-corrected chi connectivity index (χ1v) is 10.1. The maximum atomic E-state index is 13.4. The molecule has 1 aromatic carbocycles. The summed E-state index contributed by atoms with van der Waals surface area (Å²) in [5.74, 6) is -0.0829. The van der Waals surface area contributed by atoms with Crippen LogP contribution in [0, 0.1) is 6.92 Å². The van der Waals surface area contributed by atoms with E-state index in [1.807, 2.05) is 60.8 Å². The third-order valence-corrected chi connectivity index (χ3v) is 5.81. The van der Waals surface area contributed by atoms with Crippen LogP contribution >= 0.6 is 11.3 Å². The van der Waals surface area contributed by atoms with Gasteiger partial charge in [-0.25, -0.2) is 0 Å².